The van der Waals surface area contributed by atoms with E-state index in [9.17, 15) is 0 Å². The lowest BCUT2D eigenvalue weighted by atomic mass is 9.45. The largest absolute Gasteiger partial charge is 0.375 e. The maximum absolute atomic E-state index is 2.69. The molecule has 0 spiro atoms. The standard InChI is InChI=1S/C48H30BN.C44H26BN/c1-5-13-31(14-6-1)35-21-23-39-41-25-37(33-17-9-3-10-18-33)27-43-44-28-38(34-19-11-4-12-20-34)26-42-40-24-22-36(32-15-7-2-8-16-32)30-46(40)49(45(39)29-35)50(47(41)43)48(42)44;1-3-9-29-23-31(17-15-27(29)7-1)33-19-21-35-37-11-5-13-39-40-14-6-12-38-36-22-20-34(32-18-16-28-8-2-4-10-30(28)24-32)26-42(36)45(41(35)25-33)46(43(37)39)44(38)40/h1-30H;1-26H. The monoisotopic (exact) mass is 1210 g/mol. The van der Waals surface area contributed by atoms with Crippen molar-refractivity contribution >= 4 is 101 Å². The van der Waals surface area contributed by atoms with Crippen LogP contribution in [0.15, 0.2) is 340 Å². The number of benzene rings is 16. The summed E-state index contributed by atoms with van der Waals surface area (Å²) in [5.41, 5.74) is 36.3. The van der Waals surface area contributed by atoms with Crippen molar-refractivity contribution in [2.75, 3.05) is 0 Å². The minimum absolute atomic E-state index is 0.0393. The number of nitrogens with zero attached hydrogens (tertiary/aromatic N) is 2. The maximum atomic E-state index is 2.69. The average molecular weight is 1210 g/mol. The lowest BCUT2D eigenvalue weighted by Crippen LogP contribution is -2.53. The molecule has 0 radical (unpaired) electrons. The van der Waals surface area contributed by atoms with Crippen LogP contribution in [0.4, 0.5) is 0 Å². The number of hydrogen-bond acceptors (Lipinski definition) is 0. The Bertz CT molecular complexity index is 5940. The average Bonchev–Trinajstić information content (AvgIpc) is 1.50. The van der Waals surface area contributed by atoms with Crippen LogP contribution in [0.5, 0.6) is 0 Å². The Labute approximate surface area is 557 Å². The molecule has 0 saturated carbocycles. The topological polar surface area (TPSA) is 9.86 Å². The second-order valence-corrected chi connectivity index (χ2v) is 26.6. The molecule has 4 aliphatic heterocycles. The van der Waals surface area contributed by atoms with Crippen LogP contribution in [0, 0.1) is 0 Å². The zero-order valence-electron chi connectivity index (χ0n) is 52.4. The van der Waals surface area contributed by atoms with E-state index in [-0.39, 0.29) is 13.7 Å². The molecule has 0 aliphatic carbocycles. The van der Waals surface area contributed by atoms with Crippen LogP contribution >= 0.6 is 0 Å². The van der Waals surface area contributed by atoms with Gasteiger partial charge >= 0.3 is 13.7 Å². The lowest BCUT2D eigenvalue weighted by Gasteiger charge is -2.33. The van der Waals surface area contributed by atoms with E-state index < -0.39 is 0 Å². The fourth-order valence-electron chi connectivity index (χ4n) is 17.2. The zero-order valence-corrected chi connectivity index (χ0v) is 52.4. The van der Waals surface area contributed by atoms with E-state index in [1.54, 1.807) is 0 Å². The Morgan fingerprint density at radius 2 is 0.448 bits per heavy atom. The maximum Gasteiger partial charge on any atom is 0.329 e. The van der Waals surface area contributed by atoms with Gasteiger partial charge in [0.15, 0.2) is 0 Å². The molecule has 2 nitrogen and oxygen atoms in total. The fourth-order valence-corrected chi connectivity index (χ4v) is 17.2. The molecule has 0 atom stereocenters. The van der Waals surface area contributed by atoms with Crippen LogP contribution in [0.3, 0.4) is 0 Å². The van der Waals surface area contributed by atoms with Gasteiger partial charge < -0.3 is 8.96 Å². The molecule has 0 saturated heterocycles. The Kier molecular flexibility index (Phi) is 11.5. The summed E-state index contributed by atoms with van der Waals surface area (Å²) in [6, 6.07) is 126. The van der Waals surface area contributed by atoms with Gasteiger partial charge in [-0.3, -0.25) is 0 Å². The predicted molar refractivity (Wildman–Crippen MR) is 409 cm³/mol. The van der Waals surface area contributed by atoms with E-state index in [0.717, 1.165) is 0 Å². The van der Waals surface area contributed by atoms with Crippen molar-refractivity contribution in [2.24, 2.45) is 0 Å². The SMILES string of the molecule is c1ccc(-c2ccc3c(c2)B2c4cc(-c5ccccc5)ccc4-c4cc(-c5ccccc5)cc5c6cc(-c7ccccc7)cc-3c6n2c45)cc1.c1ccc2cc(-c3ccc4c(c3)B3c5cc(-c6ccc7ccccc7c6)ccc5-c5cccc6c7cccc-4c7n3c56)ccc2c1. The number of hydrogen-bond donors (Lipinski definition) is 0. The van der Waals surface area contributed by atoms with E-state index >= 15 is 0 Å². The van der Waals surface area contributed by atoms with Gasteiger partial charge in [0, 0.05) is 65.9 Å². The van der Waals surface area contributed by atoms with Gasteiger partial charge in [0.25, 0.3) is 0 Å². The van der Waals surface area contributed by atoms with Crippen LogP contribution in [-0.4, -0.2) is 22.7 Å². The Morgan fingerprint density at radius 3 is 0.823 bits per heavy atom. The molecule has 0 bridgehead atoms. The molecule has 4 heteroatoms. The van der Waals surface area contributed by atoms with E-state index in [0.29, 0.717) is 0 Å². The van der Waals surface area contributed by atoms with E-state index in [2.05, 4.69) is 349 Å². The molecule has 2 aromatic heterocycles. The third kappa shape index (κ3) is 7.91. The summed E-state index contributed by atoms with van der Waals surface area (Å²) < 4.78 is 5.35. The highest BCUT2D eigenvalue weighted by molar-refractivity contribution is 6.89. The molecule has 22 rings (SSSR count). The predicted octanol–water partition coefficient (Wildman–Crippen LogP) is 21.1. The zero-order chi connectivity index (χ0) is 62.7. The smallest absolute Gasteiger partial charge is 0.329 e. The molecule has 96 heavy (non-hydrogen) atoms. The van der Waals surface area contributed by atoms with Gasteiger partial charge in [-0.2, -0.15) is 0 Å². The highest BCUT2D eigenvalue weighted by atomic mass is 14.9. The van der Waals surface area contributed by atoms with Gasteiger partial charge in [0.2, 0.25) is 0 Å². The first kappa shape index (κ1) is 53.3. The summed E-state index contributed by atoms with van der Waals surface area (Å²) in [5, 5.41) is 10.4. The second-order valence-electron chi connectivity index (χ2n) is 26.6. The lowest BCUT2D eigenvalue weighted by molar-refractivity contribution is 1.31. The first-order valence-electron chi connectivity index (χ1n) is 33.6. The molecule has 4 aliphatic rings. The Morgan fingerprint density at radius 1 is 0.156 bits per heavy atom. The third-order valence-electron chi connectivity index (χ3n) is 21.5. The van der Waals surface area contributed by atoms with Crippen LogP contribution < -0.4 is 21.9 Å². The first-order chi connectivity index (χ1) is 47.6. The molecule has 16 aromatic carbocycles. The van der Waals surface area contributed by atoms with E-state index in [1.807, 2.05) is 0 Å². The molecule has 0 N–H and O–H groups in total. The van der Waals surface area contributed by atoms with E-state index in [4.69, 9.17) is 0 Å². The molecular weight excluding hydrogens is 1150 g/mol. The fraction of sp³-hybridized carbons (Fsp3) is 0. The summed E-state index contributed by atoms with van der Waals surface area (Å²) in [6.07, 6.45) is 0. The van der Waals surface area contributed by atoms with Gasteiger partial charge in [-0.05, 0) is 169 Å². The minimum atomic E-state index is 0.0393. The Hall–Kier alpha value is -12.2. The highest BCUT2D eigenvalue weighted by Crippen LogP contribution is 2.50. The summed E-state index contributed by atoms with van der Waals surface area (Å²) in [5.74, 6) is 0. The molecular formula is C92H56B2N2. The van der Waals surface area contributed by atoms with Crippen LogP contribution in [-0.2, 0) is 0 Å². The summed E-state index contributed by atoms with van der Waals surface area (Å²) >= 11 is 0. The van der Waals surface area contributed by atoms with Gasteiger partial charge in [-0.1, -0.05) is 303 Å². The quantitative estimate of drug-likeness (QED) is 0.147. The Balaban J connectivity index is 0.000000128. The number of rotatable bonds is 6. The normalized spacial score (nSPS) is 12.5. The van der Waals surface area contributed by atoms with Crippen molar-refractivity contribution in [1.29, 1.82) is 0 Å². The molecule has 0 unspecified atom stereocenters. The summed E-state index contributed by atoms with van der Waals surface area (Å²) in [7, 11) is 0. The molecule has 18 aromatic rings. The van der Waals surface area contributed by atoms with Gasteiger partial charge in [0.1, 0.15) is 0 Å². The van der Waals surface area contributed by atoms with Crippen LogP contribution in [0.1, 0.15) is 0 Å². The molecule has 0 fully saturated rings. The molecule has 440 valence electrons. The minimum Gasteiger partial charge on any atom is -0.375 e. The summed E-state index contributed by atoms with van der Waals surface area (Å²) in [6.45, 7) is 0.119. The highest BCUT2D eigenvalue weighted by Gasteiger charge is 2.42. The van der Waals surface area contributed by atoms with Gasteiger partial charge in [0.05, 0.1) is 0 Å². The van der Waals surface area contributed by atoms with Crippen LogP contribution in [0.2, 0.25) is 0 Å². The number of para-hydroxylation sites is 2. The van der Waals surface area contributed by atoms with Gasteiger partial charge in [-0.15, -0.1) is 0 Å². The second kappa shape index (κ2) is 20.6. The van der Waals surface area contributed by atoms with Crippen molar-refractivity contribution in [3.8, 4) is 111 Å². The van der Waals surface area contributed by atoms with E-state index in [1.165, 1.54) is 198 Å². The van der Waals surface area contributed by atoms with Crippen molar-refractivity contribution < 1.29 is 0 Å². The van der Waals surface area contributed by atoms with Crippen molar-refractivity contribution in [1.82, 2.24) is 8.96 Å². The first-order valence-corrected chi connectivity index (χ1v) is 33.6. The number of aromatic nitrogens is 2. The molecule has 0 amide bonds. The third-order valence-corrected chi connectivity index (χ3v) is 21.5. The van der Waals surface area contributed by atoms with Gasteiger partial charge in [-0.25, -0.2) is 0 Å². The summed E-state index contributed by atoms with van der Waals surface area (Å²) in [4.78, 5) is 0. The molecule has 6 heterocycles. The number of fused-ring (bicyclic) bond motifs is 16. The van der Waals surface area contributed by atoms with Crippen LogP contribution in [0.25, 0.3) is 176 Å². The van der Waals surface area contributed by atoms with Crippen molar-refractivity contribution in [3.63, 3.8) is 0 Å². The van der Waals surface area contributed by atoms with Crippen molar-refractivity contribution in [3.05, 3.63) is 340 Å². The van der Waals surface area contributed by atoms with Crippen molar-refractivity contribution in [2.45, 2.75) is 0 Å².